The second kappa shape index (κ2) is 4.33. The normalized spacial score (nSPS) is 10.4. The highest BCUT2D eigenvalue weighted by molar-refractivity contribution is 5.77. The predicted molar refractivity (Wildman–Crippen MR) is 69.1 cm³/mol. The van der Waals surface area contributed by atoms with E-state index in [1.54, 1.807) is 12.1 Å². The number of para-hydroxylation sites is 2. The van der Waals surface area contributed by atoms with Crippen molar-refractivity contribution in [3.8, 4) is 11.5 Å². The summed E-state index contributed by atoms with van der Waals surface area (Å²) in [5.74, 6) is 0.578. The summed E-state index contributed by atoms with van der Waals surface area (Å²) in [6.45, 7) is 0. The fourth-order valence-electron chi connectivity index (χ4n) is 1.77. The Balaban J connectivity index is 2.00. The summed E-state index contributed by atoms with van der Waals surface area (Å²) in [6, 6.07) is 14.9. The number of nitrogens with zero attached hydrogens (tertiary/aromatic N) is 1. The van der Waals surface area contributed by atoms with E-state index in [-0.39, 0.29) is 0 Å². The molecule has 1 aromatic heterocycles. The van der Waals surface area contributed by atoms with Crippen molar-refractivity contribution < 1.29 is 9.21 Å². The zero-order chi connectivity index (χ0) is 12.4. The van der Waals surface area contributed by atoms with Crippen LogP contribution < -0.4 is 5.32 Å². The van der Waals surface area contributed by atoms with Gasteiger partial charge in [-0.05, 0) is 36.4 Å². The van der Waals surface area contributed by atoms with Gasteiger partial charge in [-0.1, -0.05) is 12.1 Å². The second-order valence-electron chi connectivity index (χ2n) is 3.83. The molecule has 0 fully saturated rings. The van der Waals surface area contributed by atoms with Gasteiger partial charge in [0, 0.05) is 11.3 Å². The molecule has 4 nitrogen and oxygen atoms in total. The maximum Gasteiger partial charge on any atom is 0.227 e. The number of amides is 1. The molecule has 1 N–H and O–H groups in total. The molecule has 0 aliphatic carbocycles. The molecule has 18 heavy (non-hydrogen) atoms. The number of fused-ring (bicyclic) bond motifs is 1. The molecule has 0 unspecified atom stereocenters. The molecule has 3 rings (SSSR count). The van der Waals surface area contributed by atoms with Crippen molar-refractivity contribution in [1.29, 1.82) is 0 Å². The largest absolute Gasteiger partial charge is 0.436 e. The Kier molecular flexibility index (Phi) is 2.53. The number of oxazole rings is 1. The summed E-state index contributed by atoms with van der Waals surface area (Å²) in [6.07, 6.45) is 0.647. The fraction of sp³-hybridized carbons (Fsp3) is 0. The van der Waals surface area contributed by atoms with Gasteiger partial charge in [0.1, 0.15) is 5.52 Å². The van der Waals surface area contributed by atoms with E-state index in [0.29, 0.717) is 12.3 Å². The molecule has 0 aliphatic rings. The summed E-state index contributed by atoms with van der Waals surface area (Å²) in [5, 5.41) is 2.58. The van der Waals surface area contributed by atoms with Gasteiger partial charge in [-0.15, -0.1) is 0 Å². The molecule has 1 heterocycles. The summed E-state index contributed by atoms with van der Waals surface area (Å²) in [4.78, 5) is 14.7. The average Bonchev–Trinajstić information content (AvgIpc) is 2.84. The Bertz CT molecular complexity index is 653. The molecule has 0 saturated carbocycles. The van der Waals surface area contributed by atoms with Gasteiger partial charge < -0.3 is 9.73 Å². The minimum Gasteiger partial charge on any atom is -0.436 e. The van der Waals surface area contributed by atoms with Gasteiger partial charge in [0.15, 0.2) is 5.58 Å². The maximum atomic E-state index is 10.3. The zero-order valence-electron chi connectivity index (χ0n) is 9.46. The molecule has 0 saturated heterocycles. The van der Waals surface area contributed by atoms with E-state index in [4.69, 9.17) is 4.42 Å². The van der Waals surface area contributed by atoms with Crippen LogP contribution in [0, 0.1) is 0 Å². The number of hydrogen-bond donors (Lipinski definition) is 1. The van der Waals surface area contributed by atoms with Gasteiger partial charge in [-0.25, -0.2) is 4.98 Å². The van der Waals surface area contributed by atoms with Gasteiger partial charge in [-0.3, -0.25) is 4.79 Å². The molecule has 2 aromatic carbocycles. The smallest absolute Gasteiger partial charge is 0.227 e. The highest BCUT2D eigenvalue weighted by Crippen LogP contribution is 2.24. The maximum absolute atomic E-state index is 10.3. The summed E-state index contributed by atoms with van der Waals surface area (Å²) < 4.78 is 5.65. The third-order valence-corrected chi connectivity index (χ3v) is 2.65. The number of hydrogen-bond acceptors (Lipinski definition) is 3. The molecule has 3 aromatic rings. The van der Waals surface area contributed by atoms with E-state index in [1.165, 1.54) is 0 Å². The highest BCUT2D eigenvalue weighted by Gasteiger charge is 2.07. The lowest BCUT2D eigenvalue weighted by Gasteiger charge is -1.99. The first kappa shape index (κ1) is 10.5. The summed E-state index contributed by atoms with van der Waals surface area (Å²) >= 11 is 0. The van der Waals surface area contributed by atoms with Crippen LogP contribution in [0.3, 0.4) is 0 Å². The Morgan fingerprint density at radius 3 is 2.56 bits per heavy atom. The highest BCUT2D eigenvalue weighted by atomic mass is 16.3. The van der Waals surface area contributed by atoms with Gasteiger partial charge >= 0.3 is 0 Å². The fourth-order valence-corrected chi connectivity index (χ4v) is 1.77. The Hall–Kier alpha value is -2.62. The van der Waals surface area contributed by atoms with Crippen LogP contribution in [0.25, 0.3) is 22.6 Å². The van der Waals surface area contributed by atoms with Crippen molar-refractivity contribution in [2.24, 2.45) is 0 Å². The van der Waals surface area contributed by atoms with Crippen molar-refractivity contribution in [3.63, 3.8) is 0 Å². The summed E-state index contributed by atoms with van der Waals surface area (Å²) in [7, 11) is 0. The minimum atomic E-state index is 0.578. The zero-order valence-corrected chi connectivity index (χ0v) is 9.46. The van der Waals surface area contributed by atoms with Crippen LogP contribution in [0.2, 0.25) is 0 Å². The van der Waals surface area contributed by atoms with Crippen molar-refractivity contribution in [2.45, 2.75) is 0 Å². The Morgan fingerprint density at radius 2 is 1.83 bits per heavy atom. The van der Waals surface area contributed by atoms with E-state index < -0.39 is 0 Å². The van der Waals surface area contributed by atoms with Gasteiger partial charge in [-0.2, -0.15) is 0 Å². The first-order valence-corrected chi connectivity index (χ1v) is 5.53. The first-order valence-electron chi connectivity index (χ1n) is 5.53. The Morgan fingerprint density at radius 1 is 1.06 bits per heavy atom. The molecule has 0 spiro atoms. The lowest BCUT2D eigenvalue weighted by molar-refractivity contribution is -0.105. The van der Waals surface area contributed by atoms with Gasteiger partial charge in [0.25, 0.3) is 0 Å². The molecular formula is C14H10N2O2. The number of aromatic nitrogens is 1. The van der Waals surface area contributed by atoms with E-state index in [1.807, 2.05) is 36.4 Å². The van der Waals surface area contributed by atoms with Crippen LogP contribution in [-0.2, 0) is 4.79 Å². The van der Waals surface area contributed by atoms with Crippen molar-refractivity contribution in [2.75, 3.05) is 5.32 Å². The molecule has 0 atom stereocenters. The SMILES string of the molecule is O=CNc1ccc(-c2nc3ccccc3o2)cc1. The monoisotopic (exact) mass is 238 g/mol. The molecule has 4 heteroatoms. The predicted octanol–water partition coefficient (Wildman–Crippen LogP) is 3.06. The van der Waals surface area contributed by atoms with E-state index in [2.05, 4.69) is 10.3 Å². The van der Waals surface area contributed by atoms with E-state index in [0.717, 1.165) is 22.4 Å². The molecule has 0 bridgehead atoms. The first-order chi connectivity index (χ1) is 8.86. The Labute approximate surface area is 103 Å². The second-order valence-corrected chi connectivity index (χ2v) is 3.83. The van der Waals surface area contributed by atoms with Crippen LogP contribution in [0.5, 0.6) is 0 Å². The quantitative estimate of drug-likeness (QED) is 0.713. The van der Waals surface area contributed by atoms with Crippen molar-refractivity contribution in [1.82, 2.24) is 4.98 Å². The van der Waals surface area contributed by atoms with Crippen LogP contribution in [0.4, 0.5) is 5.69 Å². The molecule has 88 valence electrons. The lowest BCUT2D eigenvalue weighted by atomic mass is 10.2. The minimum absolute atomic E-state index is 0.578. The van der Waals surface area contributed by atoms with Crippen LogP contribution >= 0.6 is 0 Å². The number of anilines is 1. The summed E-state index contributed by atoms with van der Waals surface area (Å²) in [5.41, 5.74) is 3.22. The number of rotatable bonds is 3. The molecule has 0 aliphatic heterocycles. The van der Waals surface area contributed by atoms with Gasteiger partial charge in [0.2, 0.25) is 12.3 Å². The van der Waals surface area contributed by atoms with Crippen molar-refractivity contribution >= 4 is 23.2 Å². The number of benzene rings is 2. The standard InChI is InChI=1S/C14H10N2O2/c17-9-15-11-7-5-10(6-8-11)14-16-12-3-1-2-4-13(12)18-14/h1-9H,(H,15,17). The third kappa shape index (κ3) is 1.84. The molecule has 1 amide bonds. The third-order valence-electron chi connectivity index (χ3n) is 2.65. The van der Waals surface area contributed by atoms with E-state index in [9.17, 15) is 4.79 Å². The van der Waals surface area contributed by atoms with Crippen LogP contribution in [-0.4, -0.2) is 11.4 Å². The molecule has 0 radical (unpaired) electrons. The van der Waals surface area contributed by atoms with Crippen LogP contribution in [0.1, 0.15) is 0 Å². The van der Waals surface area contributed by atoms with Crippen LogP contribution in [0.15, 0.2) is 52.9 Å². The number of nitrogens with one attached hydrogen (secondary N) is 1. The lowest BCUT2D eigenvalue weighted by Crippen LogP contribution is -1.92. The number of carbonyl (C=O) groups is 1. The molecular weight excluding hydrogens is 228 g/mol. The van der Waals surface area contributed by atoms with E-state index >= 15 is 0 Å². The average molecular weight is 238 g/mol. The van der Waals surface area contributed by atoms with Gasteiger partial charge in [0.05, 0.1) is 0 Å². The van der Waals surface area contributed by atoms with Crippen molar-refractivity contribution in [3.05, 3.63) is 48.5 Å². The number of carbonyl (C=O) groups excluding carboxylic acids is 1. The topological polar surface area (TPSA) is 55.1 Å².